The summed E-state index contributed by atoms with van der Waals surface area (Å²) in [6, 6.07) is 5.48. The molecule has 6 nitrogen and oxygen atoms in total. The molecule has 1 aliphatic rings. The first-order valence-electron chi connectivity index (χ1n) is 10.1. The lowest BCUT2D eigenvalue weighted by atomic mass is 9.65. The molecular formula is C22H33N3O3. The van der Waals surface area contributed by atoms with Crippen molar-refractivity contribution in [3.05, 3.63) is 23.8 Å². The molecule has 1 aromatic carbocycles. The van der Waals surface area contributed by atoms with Crippen LogP contribution in [-0.4, -0.2) is 24.3 Å². The Morgan fingerprint density at radius 3 is 2.39 bits per heavy atom. The number of rotatable bonds is 6. The van der Waals surface area contributed by atoms with Gasteiger partial charge in [-0.05, 0) is 49.8 Å². The van der Waals surface area contributed by atoms with Crippen LogP contribution in [0.15, 0.2) is 18.2 Å². The van der Waals surface area contributed by atoms with Crippen molar-refractivity contribution in [2.45, 2.75) is 60.8 Å². The lowest BCUT2D eigenvalue weighted by Crippen LogP contribution is -2.47. The molecular weight excluding hydrogens is 354 g/mol. The summed E-state index contributed by atoms with van der Waals surface area (Å²) in [4.78, 5) is 37.4. The first-order valence-corrected chi connectivity index (χ1v) is 10.1. The predicted molar refractivity (Wildman–Crippen MR) is 112 cm³/mol. The fraction of sp³-hybridized carbons (Fsp3) is 0.591. The third kappa shape index (κ3) is 4.05. The Balaban J connectivity index is 2.23. The van der Waals surface area contributed by atoms with Crippen LogP contribution in [0.1, 0.15) is 59.4 Å². The van der Waals surface area contributed by atoms with Crippen LogP contribution in [0.2, 0.25) is 0 Å². The highest BCUT2D eigenvalue weighted by atomic mass is 16.2. The van der Waals surface area contributed by atoms with Crippen LogP contribution < -0.4 is 16.0 Å². The maximum absolute atomic E-state index is 13.3. The van der Waals surface area contributed by atoms with E-state index in [-0.39, 0.29) is 23.6 Å². The van der Waals surface area contributed by atoms with Gasteiger partial charge in [0.2, 0.25) is 17.7 Å². The van der Waals surface area contributed by atoms with Crippen molar-refractivity contribution in [3.8, 4) is 0 Å². The second-order valence-corrected chi connectivity index (χ2v) is 8.43. The number of carbonyl (C=O) groups is 3. The average Bonchev–Trinajstić information content (AvgIpc) is 2.88. The van der Waals surface area contributed by atoms with Crippen LogP contribution in [-0.2, 0) is 14.4 Å². The van der Waals surface area contributed by atoms with Gasteiger partial charge in [-0.25, -0.2) is 0 Å². The van der Waals surface area contributed by atoms with Crippen LogP contribution in [0.25, 0.3) is 0 Å². The van der Waals surface area contributed by atoms with Crippen LogP contribution in [0.3, 0.4) is 0 Å². The maximum Gasteiger partial charge on any atom is 0.230 e. The molecule has 0 unspecified atom stereocenters. The van der Waals surface area contributed by atoms with Gasteiger partial charge in [0, 0.05) is 30.3 Å². The molecule has 0 saturated heterocycles. The second-order valence-electron chi connectivity index (χ2n) is 8.43. The minimum absolute atomic E-state index is 0.0180. The van der Waals surface area contributed by atoms with Crippen molar-refractivity contribution < 1.29 is 14.4 Å². The van der Waals surface area contributed by atoms with Crippen molar-refractivity contribution in [2.75, 3.05) is 17.2 Å². The molecule has 1 aliphatic carbocycles. The fourth-order valence-electron chi connectivity index (χ4n) is 4.01. The van der Waals surface area contributed by atoms with E-state index in [9.17, 15) is 14.4 Å². The van der Waals surface area contributed by atoms with E-state index < -0.39 is 10.8 Å². The van der Waals surface area contributed by atoms with Gasteiger partial charge >= 0.3 is 0 Å². The fourth-order valence-corrected chi connectivity index (χ4v) is 4.01. The van der Waals surface area contributed by atoms with Crippen molar-refractivity contribution in [3.63, 3.8) is 0 Å². The lowest BCUT2D eigenvalue weighted by molar-refractivity contribution is -0.135. The quantitative estimate of drug-likeness (QED) is 0.693. The van der Waals surface area contributed by atoms with Gasteiger partial charge < -0.3 is 16.0 Å². The average molecular weight is 388 g/mol. The summed E-state index contributed by atoms with van der Waals surface area (Å²) in [6.07, 6.45) is 1.73. The van der Waals surface area contributed by atoms with Crippen molar-refractivity contribution in [2.24, 2.45) is 16.7 Å². The minimum Gasteiger partial charge on any atom is -0.356 e. The summed E-state index contributed by atoms with van der Waals surface area (Å²) >= 11 is 0. The summed E-state index contributed by atoms with van der Waals surface area (Å²) in [6.45, 7) is 12.2. The van der Waals surface area contributed by atoms with Gasteiger partial charge in [-0.2, -0.15) is 0 Å². The molecule has 6 heteroatoms. The Labute approximate surface area is 167 Å². The van der Waals surface area contributed by atoms with E-state index in [0.29, 0.717) is 37.2 Å². The molecule has 28 heavy (non-hydrogen) atoms. The van der Waals surface area contributed by atoms with Crippen LogP contribution in [0.5, 0.6) is 0 Å². The monoisotopic (exact) mass is 387 g/mol. The molecule has 0 aromatic heterocycles. The van der Waals surface area contributed by atoms with Crippen molar-refractivity contribution >= 4 is 29.1 Å². The van der Waals surface area contributed by atoms with Crippen LogP contribution >= 0.6 is 0 Å². The van der Waals surface area contributed by atoms with Crippen LogP contribution in [0, 0.1) is 23.7 Å². The topological polar surface area (TPSA) is 87.3 Å². The van der Waals surface area contributed by atoms with E-state index in [1.165, 1.54) is 0 Å². The molecule has 1 saturated carbocycles. The zero-order valence-corrected chi connectivity index (χ0v) is 17.9. The first kappa shape index (κ1) is 21.9. The number of amides is 3. The molecule has 0 bridgehead atoms. The summed E-state index contributed by atoms with van der Waals surface area (Å²) in [5.74, 6) is -0.342. The van der Waals surface area contributed by atoms with Gasteiger partial charge in [0.1, 0.15) is 0 Å². The number of hydrogen-bond donors (Lipinski definition) is 3. The number of anilines is 2. The van der Waals surface area contributed by atoms with Crippen LogP contribution in [0.4, 0.5) is 11.4 Å². The van der Waals surface area contributed by atoms with Crippen molar-refractivity contribution in [1.29, 1.82) is 0 Å². The third-order valence-electron chi connectivity index (χ3n) is 6.49. The Kier molecular flexibility index (Phi) is 6.52. The van der Waals surface area contributed by atoms with Gasteiger partial charge in [0.15, 0.2) is 0 Å². The van der Waals surface area contributed by atoms with E-state index in [2.05, 4.69) is 16.0 Å². The smallest absolute Gasteiger partial charge is 0.230 e. The highest BCUT2D eigenvalue weighted by Crippen LogP contribution is 2.56. The van der Waals surface area contributed by atoms with Gasteiger partial charge in [-0.15, -0.1) is 0 Å². The highest BCUT2D eigenvalue weighted by molar-refractivity contribution is 5.98. The summed E-state index contributed by atoms with van der Waals surface area (Å²) in [7, 11) is 0. The lowest BCUT2D eigenvalue weighted by Gasteiger charge is -2.40. The predicted octanol–water partition coefficient (Wildman–Crippen LogP) is 3.86. The summed E-state index contributed by atoms with van der Waals surface area (Å²) in [5.41, 5.74) is 1.11. The largest absolute Gasteiger partial charge is 0.356 e. The van der Waals surface area contributed by atoms with Gasteiger partial charge in [-0.1, -0.05) is 33.8 Å². The molecule has 0 heterocycles. The summed E-state index contributed by atoms with van der Waals surface area (Å²) < 4.78 is 0. The van der Waals surface area contributed by atoms with Gasteiger partial charge in [0.25, 0.3) is 0 Å². The number of hydrogen-bond acceptors (Lipinski definition) is 3. The molecule has 0 spiro atoms. The third-order valence-corrected chi connectivity index (χ3v) is 6.49. The van der Waals surface area contributed by atoms with Gasteiger partial charge in [-0.3, -0.25) is 14.4 Å². The normalized spacial score (nSPS) is 23.1. The van der Waals surface area contributed by atoms with E-state index in [1.54, 1.807) is 13.0 Å². The van der Waals surface area contributed by atoms with E-state index >= 15 is 0 Å². The molecule has 0 aliphatic heterocycles. The number of benzene rings is 1. The molecule has 154 valence electrons. The summed E-state index contributed by atoms with van der Waals surface area (Å²) in [5, 5.41) is 8.77. The molecule has 2 rings (SSSR count). The first-order chi connectivity index (χ1) is 13.1. The SMILES string of the molecule is CCNC(=O)[C@H]1CC[C@@](C)(C(=O)Nc2cc(NC(=O)CC)ccc2C)C1(C)C. The van der Waals surface area contributed by atoms with Crippen molar-refractivity contribution in [1.82, 2.24) is 5.32 Å². The Morgan fingerprint density at radius 1 is 1.11 bits per heavy atom. The standard InChI is InChI=1S/C22H33N3O3/c1-7-18(26)24-15-10-9-14(3)17(13-15)25-20(28)22(6)12-11-16(21(22,4)5)19(27)23-8-2/h9-10,13,16H,7-8,11-12H2,1-6H3,(H,23,27)(H,24,26)(H,25,28)/t16-,22+/m1/s1. The molecule has 3 N–H and O–H groups in total. The van der Waals surface area contributed by atoms with E-state index in [1.807, 2.05) is 46.8 Å². The maximum atomic E-state index is 13.3. The van der Waals surface area contributed by atoms with E-state index in [4.69, 9.17) is 0 Å². The molecule has 0 radical (unpaired) electrons. The number of aryl methyl sites for hydroxylation is 1. The Morgan fingerprint density at radius 2 is 1.79 bits per heavy atom. The molecule has 2 atom stereocenters. The zero-order valence-electron chi connectivity index (χ0n) is 17.9. The second kappa shape index (κ2) is 8.33. The number of carbonyl (C=O) groups excluding carboxylic acids is 3. The Bertz CT molecular complexity index is 772. The number of nitrogens with one attached hydrogen (secondary N) is 3. The molecule has 1 aromatic rings. The van der Waals surface area contributed by atoms with Gasteiger partial charge in [0.05, 0.1) is 5.41 Å². The molecule has 3 amide bonds. The van der Waals surface area contributed by atoms with E-state index in [0.717, 1.165) is 5.56 Å². The molecule has 1 fully saturated rings. The minimum atomic E-state index is -0.669. The highest BCUT2D eigenvalue weighted by Gasteiger charge is 2.57. The zero-order chi connectivity index (χ0) is 21.1. The Hall–Kier alpha value is -2.37.